The molecule has 2 saturated heterocycles. The lowest BCUT2D eigenvalue weighted by Gasteiger charge is -2.27. The summed E-state index contributed by atoms with van der Waals surface area (Å²) in [6.45, 7) is 3.23. The number of nitrogens with one attached hydrogen (secondary N) is 1. The van der Waals surface area contributed by atoms with Gasteiger partial charge >= 0.3 is 0 Å². The van der Waals surface area contributed by atoms with Crippen LogP contribution in [-0.4, -0.2) is 58.8 Å². The second-order valence-corrected chi connectivity index (χ2v) is 6.20. The number of halogens is 1. The normalized spacial score (nSPS) is 18.1. The lowest BCUT2D eigenvalue weighted by atomic mass is 10.1. The van der Waals surface area contributed by atoms with Crippen LogP contribution in [0.1, 0.15) is 15.9 Å². The lowest BCUT2D eigenvalue weighted by molar-refractivity contribution is -0.125. The van der Waals surface area contributed by atoms with E-state index < -0.39 is 0 Å². The number of amides is 3. The van der Waals surface area contributed by atoms with Crippen LogP contribution in [0.2, 0.25) is 0 Å². The third kappa shape index (κ3) is 4.04. The van der Waals surface area contributed by atoms with Gasteiger partial charge in [-0.05, 0) is 17.7 Å². The van der Waals surface area contributed by atoms with E-state index in [0.717, 1.165) is 30.4 Å². The monoisotopic (exact) mass is 355 g/mol. The molecule has 0 aromatic heterocycles. The second-order valence-electron chi connectivity index (χ2n) is 5.28. The minimum atomic E-state index is -0.219. The number of imide groups is 1. The molecule has 3 rings (SSSR count). The van der Waals surface area contributed by atoms with Crippen LogP contribution in [0.25, 0.3) is 0 Å². The Hall–Kier alpha value is -1.57. The fourth-order valence-corrected chi connectivity index (χ4v) is 3.29. The van der Waals surface area contributed by atoms with Crippen LogP contribution in [0.15, 0.2) is 24.3 Å². The highest BCUT2D eigenvalue weighted by Crippen LogP contribution is 2.21. The molecule has 1 aromatic carbocycles. The highest BCUT2D eigenvalue weighted by Gasteiger charge is 2.30. The molecule has 0 saturated carbocycles. The van der Waals surface area contributed by atoms with Gasteiger partial charge in [-0.15, -0.1) is 12.4 Å². The van der Waals surface area contributed by atoms with E-state index in [1.807, 2.05) is 11.0 Å². The van der Waals surface area contributed by atoms with Gasteiger partial charge in [-0.25, -0.2) is 0 Å². The molecule has 1 N–H and O–H groups in total. The summed E-state index contributed by atoms with van der Waals surface area (Å²) in [5.74, 6) is 0.0312. The van der Waals surface area contributed by atoms with E-state index in [1.54, 1.807) is 18.2 Å². The predicted molar refractivity (Wildman–Crippen MR) is 90.9 cm³/mol. The molecule has 0 bridgehead atoms. The third-order valence-electron chi connectivity index (χ3n) is 3.76. The Morgan fingerprint density at radius 3 is 2.61 bits per heavy atom. The number of hydrogen-bond acceptors (Lipinski definition) is 5. The number of hydrogen-bond donors (Lipinski definition) is 1. The number of benzene rings is 1. The summed E-state index contributed by atoms with van der Waals surface area (Å²) >= 11 is 1.02. The number of carbonyl (C=O) groups is 3. The Morgan fingerprint density at radius 2 is 1.96 bits per heavy atom. The van der Waals surface area contributed by atoms with Crippen molar-refractivity contribution in [2.45, 2.75) is 6.54 Å². The third-order valence-corrected chi connectivity index (χ3v) is 4.62. The Kier molecular flexibility index (Phi) is 6.04. The molecule has 0 aliphatic carbocycles. The highest BCUT2D eigenvalue weighted by molar-refractivity contribution is 8.14. The van der Waals surface area contributed by atoms with Gasteiger partial charge in [0.25, 0.3) is 11.1 Å². The van der Waals surface area contributed by atoms with Gasteiger partial charge in [-0.3, -0.25) is 19.3 Å². The van der Waals surface area contributed by atoms with E-state index in [0.29, 0.717) is 18.7 Å². The van der Waals surface area contributed by atoms with Crippen molar-refractivity contribution < 1.29 is 14.4 Å². The summed E-state index contributed by atoms with van der Waals surface area (Å²) in [6, 6.07) is 7.17. The zero-order valence-electron chi connectivity index (χ0n) is 12.5. The number of piperazine rings is 1. The van der Waals surface area contributed by atoms with Gasteiger partial charge in [0.2, 0.25) is 5.91 Å². The van der Waals surface area contributed by atoms with Crippen molar-refractivity contribution in [3.63, 3.8) is 0 Å². The summed E-state index contributed by atoms with van der Waals surface area (Å²) in [5, 5.41) is 2.99. The largest absolute Gasteiger partial charge is 0.336 e. The molecular weight excluding hydrogens is 338 g/mol. The molecule has 3 amide bonds. The Balaban J connectivity index is 0.00000192. The molecule has 8 heteroatoms. The Morgan fingerprint density at radius 1 is 1.22 bits per heavy atom. The average molecular weight is 356 g/mol. The molecule has 2 aliphatic rings. The maximum atomic E-state index is 12.5. The number of rotatable bonds is 3. The number of thioether (sulfide) groups is 1. The summed E-state index contributed by atoms with van der Waals surface area (Å²) in [5.41, 5.74) is 1.40. The average Bonchev–Trinajstić information content (AvgIpc) is 2.87. The maximum Gasteiger partial charge on any atom is 0.289 e. The van der Waals surface area contributed by atoms with Crippen molar-refractivity contribution >= 4 is 41.2 Å². The van der Waals surface area contributed by atoms with Gasteiger partial charge < -0.3 is 10.2 Å². The van der Waals surface area contributed by atoms with Crippen molar-refractivity contribution in [3.05, 3.63) is 35.4 Å². The first-order valence-electron chi connectivity index (χ1n) is 7.21. The maximum absolute atomic E-state index is 12.5. The van der Waals surface area contributed by atoms with Gasteiger partial charge in [0, 0.05) is 31.7 Å². The molecule has 6 nitrogen and oxygen atoms in total. The van der Waals surface area contributed by atoms with Gasteiger partial charge in [-0.1, -0.05) is 23.9 Å². The fourth-order valence-electron chi connectivity index (χ4n) is 2.57. The number of nitrogens with zero attached hydrogens (tertiary/aromatic N) is 2. The van der Waals surface area contributed by atoms with Crippen LogP contribution in [-0.2, 0) is 11.3 Å². The van der Waals surface area contributed by atoms with Gasteiger partial charge in [0.1, 0.15) is 0 Å². The molecule has 0 spiro atoms. The van der Waals surface area contributed by atoms with E-state index in [2.05, 4.69) is 5.32 Å². The minimum absolute atomic E-state index is 0. The summed E-state index contributed by atoms with van der Waals surface area (Å²) in [7, 11) is 0. The summed E-state index contributed by atoms with van der Waals surface area (Å²) < 4.78 is 0. The smallest absolute Gasteiger partial charge is 0.289 e. The highest BCUT2D eigenvalue weighted by atomic mass is 35.5. The van der Waals surface area contributed by atoms with E-state index in [-0.39, 0.29) is 41.8 Å². The van der Waals surface area contributed by atoms with E-state index >= 15 is 0 Å². The van der Waals surface area contributed by atoms with Crippen LogP contribution in [0, 0.1) is 0 Å². The predicted octanol–water partition coefficient (Wildman–Crippen LogP) is 1.35. The van der Waals surface area contributed by atoms with Crippen LogP contribution >= 0.6 is 24.2 Å². The van der Waals surface area contributed by atoms with Crippen molar-refractivity contribution in [1.82, 2.24) is 15.1 Å². The first-order chi connectivity index (χ1) is 10.6. The van der Waals surface area contributed by atoms with Crippen LogP contribution < -0.4 is 5.32 Å². The Bertz CT molecular complexity index is 604. The quantitative estimate of drug-likeness (QED) is 0.886. The van der Waals surface area contributed by atoms with Crippen molar-refractivity contribution in [1.29, 1.82) is 0 Å². The molecule has 2 heterocycles. The molecule has 0 unspecified atom stereocenters. The van der Waals surface area contributed by atoms with Crippen molar-refractivity contribution in [2.24, 2.45) is 0 Å². The molecule has 2 aliphatic heterocycles. The molecule has 0 atom stereocenters. The van der Waals surface area contributed by atoms with E-state index in [4.69, 9.17) is 0 Å². The van der Waals surface area contributed by atoms with Crippen molar-refractivity contribution in [3.8, 4) is 0 Å². The van der Waals surface area contributed by atoms with Crippen molar-refractivity contribution in [2.75, 3.05) is 31.9 Å². The van der Waals surface area contributed by atoms with E-state index in [9.17, 15) is 14.4 Å². The van der Waals surface area contributed by atoms with Crippen LogP contribution in [0.5, 0.6) is 0 Å². The zero-order valence-corrected chi connectivity index (χ0v) is 14.1. The standard InChI is InChI=1S/C15H17N3O3S.ClH/c19-13-10-22-15(21)18(13)9-11-2-1-3-12(8-11)14(20)17-6-4-16-5-7-17;/h1-3,8,16H,4-7,9-10H2;1H. The minimum Gasteiger partial charge on any atom is -0.336 e. The molecule has 124 valence electrons. The lowest BCUT2D eigenvalue weighted by Crippen LogP contribution is -2.46. The zero-order chi connectivity index (χ0) is 15.5. The SMILES string of the molecule is Cl.O=C(c1cccc(CN2C(=O)CSC2=O)c1)N1CCNCC1. The summed E-state index contributed by atoms with van der Waals surface area (Å²) in [6.07, 6.45) is 0. The number of carbonyl (C=O) groups excluding carboxylic acids is 3. The summed E-state index contributed by atoms with van der Waals surface area (Å²) in [4.78, 5) is 38.8. The molecule has 1 aromatic rings. The van der Waals surface area contributed by atoms with Gasteiger partial charge in [0.05, 0.1) is 12.3 Å². The van der Waals surface area contributed by atoms with Gasteiger partial charge in [-0.2, -0.15) is 0 Å². The topological polar surface area (TPSA) is 69.7 Å². The molecule has 2 fully saturated rings. The Labute approximate surface area is 145 Å². The first-order valence-corrected chi connectivity index (χ1v) is 8.20. The van der Waals surface area contributed by atoms with Crippen LogP contribution in [0.3, 0.4) is 0 Å². The second kappa shape index (κ2) is 7.81. The molecule has 0 radical (unpaired) electrons. The van der Waals surface area contributed by atoms with Gasteiger partial charge in [0.15, 0.2) is 0 Å². The first kappa shape index (κ1) is 17.8. The fraction of sp³-hybridized carbons (Fsp3) is 0.400. The van der Waals surface area contributed by atoms with E-state index in [1.165, 1.54) is 4.90 Å². The molecular formula is C15H18ClN3O3S. The van der Waals surface area contributed by atoms with Crippen LogP contribution in [0.4, 0.5) is 4.79 Å². The molecule has 23 heavy (non-hydrogen) atoms.